The molecule has 0 atom stereocenters. The van der Waals surface area contributed by atoms with E-state index >= 15 is 0 Å². The number of amides is 1. The van der Waals surface area contributed by atoms with Crippen LogP contribution in [0.3, 0.4) is 0 Å². The van der Waals surface area contributed by atoms with Gasteiger partial charge in [0, 0.05) is 19.0 Å². The summed E-state index contributed by atoms with van der Waals surface area (Å²) >= 11 is 0. The van der Waals surface area contributed by atoms with Gasteiger partial charge in [-0.15, -0.1) is 5.10 Å². The van der Waals surface area contributed by atoms with E-state index in [0.29, 0.717) is 17.9 Å². The molecule has 1 N–H and O–H groups in total. The molecule has 0 aromatic carbocycles. The Hall–Kier alpha value is -2.72. The lowest BCUT2D eigenvalue weighted by Crippen LogP contribution is -2.56. The molecule has 1 spiro atoms. The third-order valence-corrected chi connectivity index (χ3v) is 5.99. The average molecular weight is 362 g/mol. The number of carbonyl (C=O) groups is 1. The van der Waals surface area contributed by atoms with Crippen molar-refractivity contribution in [2.75, 3.05) is 25.0 Å². The summed E-state index contributed by atoms with van der Waals surface area (Å²) in [5, 5.41) is 16.2. The van der Waals surface area contributed by atoms with Gasteiger partial charge in [0.2, 0.25) is 11.9 Å². The van der Waals surface area contributed by atoms with Gasteiger partial charge < -0.3 is 0 Å². The van der Waals surface area contributed by atoms with Gasteiger partial charge in [0.1, 0.15) is 0 Å². The number of carbonyl (C=O) groups excluding carboxylic acids is 1. The van der Waals surface area contributed by atoms with E-state index in [0.717, 1.165) is 56.5 Å². The lowest BCUT2D eigenvalue weighted by molar-refractivity contribution is -0.117. The number of nitriles is 1. The monoisotopic (exact) mass is 362 g/mol. The Kier molecular flexibility index (Phi) is 3.76. The van der Waals surface area contributed by atoms with Crippen LogP contribution in [0, 0.1) is 22.7 Å². The van der Waals surface area contributed by atoms with Gasteiger partial charge in [-0.05, 0) is 55.2 Å². The number of rotatable bonds is 4. The molecule has 138 valence electrons. The topological polar surface area (TPSA) is 86.3 Å². The fourth-order valence-corrected chi connectivity index (χ4v) is 4.34. The molecule has 27 heavy (non-hydrogen) atoms. The molecule has 0 radical (unpaired) electrons. The maximum absolute atomic E-state index is 12.0. The molecule has 7 heteroatoms. The number of hydrogen-bond donors (Lipinski definition) is 1. The summed E-state index contributed by atoms with van der Waals surface area (Å²) in [7, 11) is 0. The van der Waals surface area contributed by atoms with Crippen LogP contribution in [-0.4, -0.2) is 45.0 Å². The first-order chi connectivity index (χ1) is 13.2. The van der Waals surface area contributed by atoms with Gasteiger partial charge in [-0.1, -0.05) is 12.1 Å². The van der Waals surface area contributed by atoms with E-state index < -0.39 is 0 Å². The molecule has 7 nitrogen and oxygen atoms in total. The third kappa shape index (κ3) is 3.00. The van der Waals surface area contributed by atoms with Crippen LogP contribution < -0.4 is 5.32 Å². The van der Waals surface area contributed by atoms with Crippen molar-refractivity contribution in [1.82, 2.24) is 19.5 Å². The highest BCUT2D eigenvalue weighted by molar-refractivity contribution is 5.92. The van der Waals surface area contributed by atoms with Crippen molar-refractivity contribution >= 4 is 23.1 Å². The van der Waals surface area contributed by atoms with Crippen LogP contribution >= 0.6 is 0 Å². The number of nitrogens with one attached hydrogen (secondary N) is 1. The maximum atomic E-state index is 12.0. The van der Waals surface area contributed by atoms with Gasteiger partial charge >= 0.3 is 0 Å². The van der Waals surface area contributed by atoms with Crippen LogP contribution in [0.2, 0.25) is 0 Å². The van der Waals surface area contributed by atoms with E-state index in [1.54, 1.807) is 0 Å². The quantitative estimate of drug-likeness (QED) is 0.845. The van der Waals surface area contributed by atoms with Crippen LogP contribution in [-0.2, 0) is 4.79 Å². The zero-order chi connectivity index (χ0) is 18.4. The number of aromatic nitrogens is 3. The Balaban J connectivity index is 1.36. The Morgan fingerprint density at radius 3 is 2.93 bits per heavy atom. The minimum absolute atomic E-state index is 0.0261. The number of fused-ring (bicyclic) bond motifs is 1. The lowest BCUT2D eigenvalue weighted by Gasteiger charge is -2.51. The highest BCUT2D eigenvalue weighted by Gasteiger charge is 2.43. The van der Waals surface area contributed by atoms with Gasteiger partial charge in [0.15, 0.2) is 5.65 Å². The second kappa shape index (κ2) is 6.17. The minimum Gasteiger partial charge on any atom is -0.293 e. The molecule has 2 aromatic heterocycles. The number of nitrogens with zero attached hydrogens (tertiary/aromatic N) is 5. The lowest BCUT2D eigenvalue weighted by atomic mass is 9.69. The van der Waals surface area contributed by atoms with Crippen LogP contribution in [0.25, 0.3) is 11.2 Å². The molecule has 3 heterocycles. The second-order valence-corrected chi connectivity index (χ2v) is 8.12. The number of likely N-dealkylation sites (tertiary alicyclic amines) is 1. The zero-order valence-corrected chi connectivity index (χ0v) is 15.2. The highest BCUT2D eigenvalue weighted by atomic mass is 16.2. The third-order valence-electron chi connectivity index (χ3n) is 5.99. The summed E-state index contributed by atoms with van der Waals surface area (Å²) in [4.78, 5) is 18.7. The van der Waals surface area contributed by atoms with E-state index in [2.05, 4.69) is 38.5 Å². The van der Waals surface area contributed by atoms with Crippen molar-refractivity contribution in [2.24, 2.45) is 11.3 Å². The Bertz CT molecular complexity index is 974. The first-order valence-electron chi connectivity index (χ1n) is 9.61. The van der Waals surface area contributed by atoms with Crippen LogP contribution in [0.4, 0.5) is 5.95 Å². The second-order valence-electron chi connectivity index (χ2n) is 8.12. The SMILES string of the molecule is N#CCN1CC2(CC=C(c3cccc4nc(NC(=O)C5CC5)nn34)CC2)C1. The van der Waals surface area contributed by atoms with E-state index in [4.69, 9.17) is 5.26 Å². The predicted octanol–water partition coefficient (Wildman–Crippen LogP) is 2.47. The number of hydrogen-bond acceptors (Lipinski definition) is 5. The molecular formula is C20H22N6O. The largest absolute Gasteiger partial charge is 0.293 e. The van der Waals surface area contributed by atoms with Crippen molar-refractivity contribution in [3.05, 3.63) is 30.0 Å². The zero-order valence-electron chi connectivity index (χ0n) is 15.2. The highest BCUT2D eigenvalue weighted by Crippen LogP contribution is 2.44. The van der Waals surface area contributed by atoms with E-state index in [-0.39, 0.29) is 11.8 Å². The summed E-state index contributed by atoms with van der Waals surface area (Å²) in [5.74, 6) is 0.549. The van der Waals surface area contributed by atoms with E-state index in [9.17, 15) is 4.79 Å². The van der Waals surface area contributed by atoms with Crippen molar-refractivity contribution in [3.63, 3.8) is 0 Å². The van der Waals surface area contributed by atoms with Gasteiger partial charge in [-0.2, -0.15) is 10.2 Å². The first-order valence-corrected chi connectivity index (χ1v) is 9.61. The molecule has 1 aliphatic heterocycles. The maximum Gasteiger partial charge on any atom is 0.249 e. The summed E-state index contributed by atoms with van der Waals surface area (Å²) in [6, 6.07) is 8.22. The van der Waals surface area contributed by atoms with Crippen LogP contribution in [0.15, 0.2) is 24.3 Å². The summed E-state index contributed by atoms with van der Waals surface area (Å²) < 4.78 is 1.84. The van der Waals surface area contributed by atoms with E-state index in [1.807, 2.05) is 16.6 Å². The minimum atomic E-state index is 0.0261. The normalized spacial score (nSPS) is 21.5. The predicted molar refractivity (Wildman–Crippen MR) is 101 cm³/mol. The molecule has 1 amide bonds. The Morgan fingerprint density at radius 2 is 2.22 bits per heavy atom. The molecule has 1 saturated carbocycles. The molecule has 2 fully saturated rings. The van der Waals surface area contributed by atoms with Gasteiger partial charge in [-0.25, -0.2) is 4.52 Å². The van der Waals surface area contributed by atoms with Crippen molar-refractivity contribution in [2.45, 2.75) is 32.1 Å². The summed E-state index contributed by atoms with van der Waals surface area (Å²) in [6.07, 6.45) is 7.43. The molecule has 3 aliphatic rings. The Morgan fingerprint density at radius 1 is 1.37 bits per heavy atom. The van der Waals surface area contributed by atoms with E-state index in [1.165, 1.54) is 5.57 Å². The average Bonchev–Trinajstić information content (AvgIpc) is 3.41. The molecule has 1 saturated heterocycles. The fourth-order valence-electron chi connectivity index (χ4n) is 4.34. The molecule has 2 aliphatic carbocycles. The number of anilines is 1. The van der Waals surface area contributed by atoms with Crippen LogP contribution in [0.5, 0.6) is 0 Å². The number of allylic oxidation sites excluding steroid dienone is 2. The smallest absolute Gasteiger partial charge is 0.249 e. The number of pyridine rings is 1. The molecular weight excluding hydrogens is 340 g/mol. The van der Waals surface area contributed by atoms with Gasteiger partial charge in [0.05, 0.1) is 18.3 Å². The molecule has 0 bridgehead atoms. The van der Waals surface area contributed by atoms with Crippen molar-refractivity contribution < 1.29 is 4.79 Å². The Labute approximate surface area is 157 Å². The summed E-state index contributed by atoms with van der Waals surface area (Å²) in [6.45, 7) is 2.58. The van der Waals surface area contributed by atoms with Gasteiger partial charge in [-0.3, -0.25) is 15.0 Å². The van der Waals surface area contributed by atoms with Crippen LogP contribution in [0.1, 0.15) is 37.8 Å². The first kappa shape index (κ1) is 16.5. The summed E-state index contributed by atoms with van der Waals surface area (Å²) in [5.41, 5.74) is 3.44. The van der Waals surface area contributed by atoms with Gasteiger partial charge in [0.25, 0.3) is 0 Å². The molecule has 0 unspecified atom stereocenters. The molecule has 5 rings (SSSR count). The van der Waals surface area contributed by atoms with Crippen molar-refractivity contribution in [3.8, 4) is 6.07 Å². The molecule has 2 aromatic rings. The fraction of sp³-hybridized carbons (Fsp3) is 0.500. The standard InChI is InChI=1S/C20H22N6O/c21-10-11-25-12-20(13-25)8-6-14(7-9-20)16-2-1-3-17-22-19(24-26(16)17)23-18(27)15-4-5-15/h1-3,6,15H,4-5,7-9,11-13H2,(H,23,24,27). The van der Waals surface area contributed by atoms with Crippen molar-refractivity contribution in [1.29, 1.82) is 5.26 Å².